The van der Waals surface area contributed by atoms with Gasteiger partial charge in [0.2, 0.25) is 0 Å². The van der Waals surface area contributed by atoms with Gasteiger partial charge < -0.3 is 9.84 Å². The number of ether oxygens (including phenoxy) is 1. The Balaban J connectivity index is 1.84. The molecule has 0 radical (unpaired) electrons. The van der Waals surface area contributed by atoms with Crippen molar-refractivity contribution < 1.29 is 9.84 Å². The smallest absolute Gasteiger partial charge is 0.118 e. The molecule has 0 amide bonds. The summed E-state index contributed by atoms with van der Waals surface area (Å²) in [6.45, 7) is 2.26. The summed E-state index contributed by atoms with van der Waals surface area (Å²) >= 11 is 0. The number of rotatable bonds is 5. The highest BCUT2D eigenvalue weighted by molar-refractivity contribution is 5.27. The fourth-order valence-corrected chi connectivity index (χ4v) is 3.04. The van der Waals surface area contributed by atoms with E-state index in [2.05, 4.69) is 19.1 Å². The molecule has 0 unspecified atom stereocenters. The van der Waals surface area contributed by atoms with Crippen LogP contribution >= 0.6 is 0 Å². The van der Waals surface area contributed by atoms with Crippen molar-refractivity contribution in [2.75, 3.05) is 7.11 Å². The average molecular weight is 262 g/mol. The first kappa shape index (κ1) is 14.4. The molecule has 1 aliphatic rings. The van der Waals surface area contributed by atoms with Crippen LogP contribution in [-0.2, 0) is 6.42 Å². The van der Waals surface area contributed by atoms with E-state index in [1.54, 1.807) is 7.11 Å². The second kappa shape index (κ2) is 6.42. The molecule has 1 N–H and O–H groups in total. The molecular formula is C17H26O2. The number of aryl methyl sites for hydroxylation is 1. The van der Waals surface area contributed by atoms with Crippen LogP contribution in [0.3, 0.4) is 0 Å². The normalized spacial score (nSPS) is 27.2. The number of methoxy groups -OCH3 is 1. The summed E-state index contributed by atoms with van der Waals surface area (Å²) in [7, 11) is 1.68. The first-order valence-electron chi connectivity index (χ1n) is 7.50. The van der Waals surface area contributed by atoms with Gasteiger partial charge in [-0.25, -0.2) is 0 Å². The van der Waals surface area contributed by atoms with Gasteiger partial charge in [0.15, 0.2) is 0 Å². The largest absolute Gasteiger partial charge is 0.497 e. The highest BCUT2D eigenvalue weighted by atomic mass is 16.5. The highest BCUT2D eigenvalue weighted by Crippen LogP contribution is 2.36. The number of hydrogen-bond acceptors (Lipinski definition) is 2. The van der Waals surface area contributed by atoms with E-state index in [1.807, 2.05) is 12.1 Å². The van der Waals surface area contributed by atoms with Crippen molar-refractivity contribution in [1.29, 1.82) is 0 Å². The zero-order chi connectivity index (χ0) is 13.7. The van der Waals surface area contributed by atoms with Gasteiger partial charge in [-0.3, -0.25) is 0 Å². The van der Waals surface area contributed by atoms with Gasteiger partial charge in [0.1, 0.15) is 5.75 Å². The summed E-state index contributed by atoms with van der Waals surface area (Å²) in [4.78, 5) is 0. The molecule has 1 aliphatic carbocycles. The molecule has 106 valence electrons. The Hall–Kier alpha value is -1.02. The molecule has 0 bridgehead atoms. The monoisotopic (exact) mass is 262 g/mol. The van der Waals surface area contributed by atoms with Crippen molar-refractivity contribution in [2.45, 2.75) is 57.5 Å². The topological polar surface area (TPSA) is 29.5 Å². The second-order valence-corrected chi connectivity index (χ2v) is 5.92. The molecule has 0 heterocycles. The molecular weight excluding hydrogens is 236 g/mol. The Morgan fingerprint density at radius 3 is 2.37 bits per heavy atom. The summed E-state index contributed by atoms with van der Waals surface area (Å²) in [5.74, 6) is 1.73. The van der Waals surface area contributed by atoms with Gasteiger partial charge in [0.05, 0.1) is 12.7 Å². The van der Waals surface area contributed by atoms with E-state index in [9.17, 15) is 5.11 Å². The fraction of sp³-hybridized carbons (Fsp3) is 0.647. The Labute approximate surface area is 116 Å². The quantitative estimate of drug-likeness (QED) is 0.870. The van der Waals surface area contributed by atoms with Crippen molar-refractivity contribution in [3.8, 4) is 5.75 Å². The molecule has 19 heavy (non-hydrogen) atoms. The van der Waals surface area contributed by atoms with Crippen molar-refractivity contribution in [2.24, 2.45) is 5.92 Å². The molecule has 0 saturated heterocycles. The van der Waals surface area contributed by atoms with Crippen molar-refractivity contribution in [1.82, 2.24) is 0 Å². The van der Waals surface area contributed by atoms with Gasteiger partial charge >= 0.3 is 0 Å². The predicted octanol–water partition coefficient (Wildman–Crippen LogP) is 3.96. The Bertz CT molecular complexity index is 375. The van der Waals surface area contributed by atoms with Crippen LogP contribution < -0.4 is 4.74 Å². The number of hydrogen-bond donors (Lipinski definition) is 1. The highest BCUT2D eigenvalue weighted by Gasteiger charge is 2.31. The van der Waals surface area contributed by atoms with Crippen molar-refractivity contribution in [3.63, 3.8) is 0 Å². The van der Waals surface area contributed by atoms with Crippen LogP contribution in [0.25, 0.3) is 0 Å². The third kappa shape index (κ3) is 3.97. The summed E-state index contributed by atoms with van der Waals surface area (Å²) < 4.78 is 5.16. The molecule has 2 nitrogen and oxygen atoms in total. The van der Waals surface area contributed by atoms with Crippen LogP contribution in [0.4, 0.5) is 0 Å². The van der Waals surface area contributed by atoms with Crippen LogP contribution in [0.5, 0.6) is 5.75 Å². The summed E-state index contributed by atoms with van der Waals surface area (Å²) in [6, 6.07) is 8.18. The lowest BCUT2D eigenvalue weighted by Crippen LogP contribution is -2.34. The van der Waals surface area contributed by atoms with Gasteiger partial charge in [-0.2, -0.15) is 0 Å². The van der Waals surface area contributed by atoms with E-state index < -0.39 is 5.60 Å². The molecule has 1 aromatic carbocycles. The number of aliphatic hydroxyl groups is 1. The van der Waals surface area contributed by atoms with E-state index in [1.165, 1.54) is 24.8 Å². The first-order valence-corrected chi connectivity index (χ1v) is 7.50. The molecule has 2 heteroatoms. The minimum absolute atomic E-state index is 0.425. The number of benzene rings is 1. The third-order valence-electron chi connectivity index (χ3n) is 4.65. The second-order valence-electron chi connectivity index (χ2n) is 5.92. The van der Waals surface area contributed by atoms with E-state index in [4.69, 9.17) is 4.74 Å². The molecule has 0 aliphatic heterocycles. The van der Waals surface area contributed by atoms with Crippen molar-refractivity contribution >= 4 is 0 Å². The Morgan fingerprint density at radius 1 is 1.21 bits per heavy atom. The molecule has 0 aromatic heterocycles. The zero-order valence-electron chi connectivity index (χ0n) is 12.2. The standard InChI is InChI=1S/C17H26O2/c1-3-14-8-11-17(18,12-9-14)13-10-15-4-6-16(19-2)7-5-15/h4-7,14,18H,3,8-13H2,1-2H3. The van der Waals surface area contributed by atoms with Crippen LogP contribution in [0.2, 0.25) is 0 Å². The summed E-state index contributed by atoms with van der Waals surface area (Å²) in [5.41, 5.74) is 0.859. The minimum atomic E-state index is -0.425. The Morgan fingerprint density at radius 2 is 1.84 bits per heavy atom. The molecule has 1 fully saturated rings. The third-order valence-corrected chi connectivity index (χ3v) is 4.65. The SMILES string of the molecule is CCC1CCC(O)(CCc2ccc(OC)cc2)CC1. The minimum Gasteiger partial charge on any atom is -0.497 e. The van der Waals surface area contributed by atoms with Gasteiger partial charge in [-0.05, 0) is 62.1 Å². The molecule has 0 spiro atoms. The van der Waals surface area contributed by atoms with E-state index in [0.717, 1.165) is 37.4 Å². The average Bonchev–Trinajstić information content (AvgIpc) is 2.47. The lowest BCUT2D eigenvalue weighted by molar-refractivity contribution is -0.0166. The Kier molecular flexibility index (Phi) is 4.87. The van der Waals surface area contributed by atoms with E-state index in [-0.39, 0.29) is 0 Å². The van der Waals surface area contributed by atoms with Gasteiger partial charge in [0, 0.05) is 0 Å². The maximum Gasteiger partial charge on any atom is 0.118 e. The van der Waals surface area contributed by atoms with Gasteiger partial charge in [-0.15, -0.1) is 0 Å². The van der Waals surface area contributed by atoms with E-state index >= 15 is 0 Å². The predicted molar refractivity (Wildman–Crippen MR) is 78.5 cm³/mol. The maximum atomic E-state index is 10.6. The van der Waals surface area contributed by atoms with Gasteiger partial charge in [-0.1, -0.05) is 25.5 Å². The van der Waals surface area contributed by atoms with Crippen LogP contribution in [-0.4, -0.2) is 17.8 Å². The van der Waals surface area contributed by atoms with E-state index in [0.29, 0.717) is 0 Å². The molecule has 1 saturated carbocycles. The van der Waals surface area contributed by atoms with Crippen LogP contribution in [0.1, 0.15) is 51.0 Å². The molecule has 2 rings (SSSR count). The first-order chi connectivity index (χ1) is 9.15. The summed E-state index contributed by atoms with van der Waals surface area (Å²) in [5, 5.41) is 10.6. The lowest BCUT2D eigenvalue weighted by atomic mass is 9.75. The maximum absolute atomic E-state index is 10.6. The molecule has 0 atom stereocenters. The summed E-state index contributed by atoms with van der Waals surface area (Å²) in [6.07, 6.45) is 7.43. The fourth-order valence-electron chi connectivity index (χ4n) is 3.04. The lowest BCUT2D eigenvalue weighted by Gasteiger charge is -2.36. The van der Waals surface area contributed by atoms with Crippen LogP contribution in [0.15, 0.2) is 24.3 Å². The van der Waals surface area contributed by atoms with Crippen LogP contribution in [0, 0.1) is 5.92 Å². The van der Waals surface area contributed by atoms with Crippen molar-refractivity contribution in [3.05, 3.63) is 29.8 Å². The molecule has 1 aromatic rings. The zero-order valence-corrected chi connectivity index (χ0v) is 12.2. The van der Waals surface area contributed by atoms with Gasteiger partial charge in [0.25, 0.3) is 0 Å².